The molecule has 0 aromatic rings. The van der Waals surface area contributed by atoms with E-state index >= 15 is 0 Å². The summed E-state index contributed by atoms with van der Waals surface area (Å²) in [6, 6.07) is 0. The summed E-state index contributed by atoms with van der Waals surface area (Å²) >= 11 is 4.21. The van der Waals surface area contributed by atoms with Gasteiger partial charge in [-0.2, -0.15) is 0 Å². The maximum atomic E-state index is 2.32. The van der Waals surface area contributed by atoms with Gasteiger partial charge in [0.05, 0.1) is 0 Å². The summed E-state index contributed by atoms with van der Waals surface area (Å²) in [6.07, 6.45) is 0. The van der Waals surface area contributed by atoms with Crippen molar-refractivity contribution < 1.29 is 22.4 Å². The molecule has 0 N–H and O–H groups in total. The van der Waals surface area contributed by atoms with E-state index in [-0.39, 0.29) is 72.7 Å². The first-order valence-corrected chi connectivity index (χ1v) is 6.36. The van der Waals surface area contributed by atoms with Crippen LogP contribution in [0.2, 0.25) is 0 Å². The van der Waals surface area contributed by atoms with Crippen molar-refractivity contribution >= 4 is 83.2 Å². The fourth-order valence-electron chi connectivity index (χ4n) is 0. The second-order valence-corrected chi connectivity index (χ2v) is 0. The average molecular weight is 558 g/mol. The molecule has 0 atom stereocenters. The van der Waals surface area contributed by atoms with Gasteiger partial charge in [0.15, 0.2) is 0 Å². The van der Waals surface area contributed by atoms with E-state index in [1.54, 1.807) is 0 Å². The molecule has 0 aromatic heterocycles. The van der Waals surface area contributed by atoms with Gasteiger partial charge in [-0.1, -0.05) is 0 Å². The van der Waals surface area contributed by atoms with Crippen molar-refractivity contribution in [1.82, 2.24) is 0 Å². The average Bonchev–Trinajstić information content (AvgIpc) is 1.00. The first-order valence-electron chi connectivity index (χ1n) is 0.183. The van der Waals surface area contributed by atoms with Crippen LogP contribution in [0.15, 0.2) is 0 Å². The Bertz CT molecular complexity index is 11.6. The van der Waals surface area contributed by atoms with Crippen LogP contribution in [0, 0.1) is 0 Å². The van der Waals surface area contributed by atoms with Gasteiger partial charge in [0.2, 0.25) is 0 Å². The van der Waals surface area contributed by atoms with Crippen LogP contribution in [0.1, 0.15) is 0 Å². The van der Waals surface area contributed by atoms with Gasteiger partial charge < -0.3 is 0 Å². The minimum absolute atomic E-state index is 0. The third kappa shape index (κ3) is 18.2. The second kappa shape index (κ2) is 25.1. The van der Waals surface area contributed by atoms with Crippen molar-refractivity contribution in [2.75, 3.05) is 0 Å². The van der Waals surface area contributed by atoms with Crippen molar-refractivity contribution in [2.24, 2.45) is 0 Å². The van der Waals surface area contributed by atoms with Gasteiger partial charge in [-0.3, -0.25) is 0 Å². The van der Waals surface area contributed by atoms with Crippen LogP contribution >= 0.6 is 0 Å². The molecule has 0 amide bonds. The zero-order valence-electron chi connectivity index (χ0n) is 1.86. The molecule has 5 heavy (non-hydrogen) atoms. The van der Waals surface area contributed by atoms with Crippen LogP contribution in [-0.4, -0.2) is 83.2 Å². The second-order valence-electron chi connectivity index (χ2n) is 0. The van der Waals surface area contributed by atoms with Gasteiger partial charge in [-0.05, 0) is 0 Å². The monoisotopic (exact) mass is 560 g/mol. The Morgan fingerprint density at radius 1 is 1.20 bits per heavy atom. The molecule has 0 fully saturated rings. The minimum atomic E-state index is 0. The summed E-state index contributed by atoms with van der Waals surface area (Å²) < 4.78 is 0. The van der Waals surface area contributed by atoms with Gasteiger partial charge in [-0.15, -0.1) is 0 Å². The van der Waals surface area contributed by atoms with Crippen LogP contribution in [0.5, 0.6) is 0 Å². The molecule has 0 saturated carbocycles. The van der Waals surface area contributed by atoms with E-state index in [1.807, 2.05) is 20.1 Å². The Hall–Kier alpha value is 3.74. The van der Waals surface area contributed by atoms with E-state index in [0.717, 1.165) is 0 Å². The van der Waals surface area contributed by atoms with Crippen LogP contribution in [0.4, 0.5) is 0 Å². The van der Waals surface area contributed by atoms with E-state index in [2.05, 4.69) is 12.8 Å². The third-order valence-electron chi connectivity index (χ3n) is 0. The Balaban J connectivity index is -0.00000000167. The van der Waals surface area contributed by atoms with Crippen LogP contribution < -0.4 is 0 Å². The van der Waals surface area contributed by atoms with E-state index in [9.17, 15) is 0 Å². The normalized spacial score (nSPS) is 1.20. The SMILES string of the molecule is [Ag].[InH3].[SbH3].[SeH][Te]. The van der Waals surface area contributed by atoms with Gasteiger partial charge in [0, 0.05) is 22.4 Å². The molecule has 2 radical (unpaired) electrons. The van der Waals surface area contributed by atoms with Gasteiger partial charge in [0.25, 0.3) is 0 Å². The summed E-state index contributed by atoms with van der Waals surface area (Å²) in [5.41, 5.74) is 0. The quantitative estimate of drug-likeness (QED) is 0.273. The Morgan fingerprint density at radius 3 is 1.20 bits per heavy atom. The predicted molar refractivity (Wildman–Crippen MR) is 32.8 cm³/mol. The summed E-state index contributed by atoms with van der Waals surface area (Å²) in [5, 5.41) is 0. The van der Waals surface area contributed by atoms with Gasteiger partial charge in [0.1, 0.15) is 0 Å². The van der Waals surface area contributed by atoms with E-state index in [0.29, 0.717) is 0 Å². The number of hydrogen-bond donors (Lipinski definition) is 0. The van der Waals surface area contributed by atoms with Crippen LogP contribution in [0.25, 0.3) is 0 Å². The fourth-order valence-corrected chi connectivity index (χ4v) is 0. The predicted octanol–water partition coefficient (Wildman–Crippen LogP) is -3.40. The molecule has 0 nitrogen and oxygen atoms in total. The third-order valence-corrected chi connectivity index (χ3v) is 0. The zero-order chi connectivity index (χ0) is 2.00. The standard InChI is InChI=1S/Ag.In.Sb.HSeTe.6H/c;;;1-2;;;;;;/h;;;1H;;;;;;. The van der Waals surface area contributed by atoms with Crippen molar-refractivity contribution in [2.45, 2.75) is 0 Å². The van der Waals surface area contributed by atoms with Crippen LogP contribution in [-0.2, 0) is 22.4 Å². The molecule has 0 aromatic carbocycles. The molecular formula is H7AgInSbSeTe. The van der Waals surface area contributed by atoms with E-state index in [1.165, 1.54) is 0 Å². The Morgan fingerprint density at radius 2 is 1.20 bits per heavy atom. The molecule has 38 valence electrons. The van der Waals surface area contributed by atoms with Crippen molar-refractivity contribution in [3.8, 4) is 0 Å². The first-order chi connectivity index (χ1) is 1.00. The van der Waals surface area contributed by atoms with Crippen molar-refractivity contribution in [1.29, 1.82) is 0 Å². The number of hydrogen-bond acceptors (Lipinski definition) is 0. The molecule has 0 saturated heterocycles. The molecule has 0 unspecified atom stereocenters. The molecule has 0 aliphatic rings. The molecular weight excluding hydrogens is 551 g/mol. The summed E-state index contributed by atoms with van der Waals surface area (Å²) in [6.45, 7) is 0. The van der Waals surface area contributed by atoms with Crippen LogP contribution in [0.3, 0.4) is 0 Å². The summed E-state index contributed by atoms with van der Waals surface area (Å²) in [4.78, 5) is 0. The fraction of sp³-hybridized carbons (Fsp3) is 0. The van der Waals surface area contributed by atoms with Gasteiger partial charge in [-0.25, -0.2) is 0 Å². The maximum absolute atomic E-state index is 2.32. The Labute approximate surface area is 103 Å². The molecule has 0 heterocycles. The molecule has 5 heteroatoms. The van der Waals surface area contributed by atoms with E-state index < -0.39 is 0 Å². The van der Waals surface area contributed by atoms with Crippen molar-refractivity contribution in [3.63, 3.8) is 0 Å². The summed E-state index contributed by atoms with van der Waals surface area (Å²) in [5.74, 6) is 0. The van der Waals surface area contributed by atoms with Crippen molar-refractivity contribution in [3.05, 3.63) is 0 Å². The molecule has 0 rings (SSSR count). The topological polar surface area (TPSA) is 0 Å². The zero-order valence-corrected chi connectivity index (χ0v) is 11.6. The van der Waals surface area contributed by atoms with E-state index in [4.69, 9.17) is 0 Å². The number of rotatable bonds is 0. The van der Waals surface area contributed by atoms with Gasteiger partial charge >= 0.3 is 83.2 Å². The molecule has 0 aliphatic heterocycles. The Kier molecular flexibility index (Phi) is 117. The molecule has 0 spiro atoms. The summed E-state index contributed by atoms with van der Waals surface area (Å²) in [7, 11) is 0. The molecule has 0 bridgehead atoms. The first kappa shape index (κ1) is 23.3. The molecule has 0 aliphatic carbocycles.